The molecular formula is C25H30N4O6S2. The van der Waals surface area contributed by atoms with E-state index in [0.717, 1.165) is 22.4 Å². The normalized spacial score (nSPS) is 17.1. The third kappa shape index (κ3) is 6.58. The molecule has 0 aliphatic carbocycles. The van der Waals surface area contributed by atoms with Crippen molar-refractivity contribution in [3.63, 3.8) is 0 Å². The Bertz CT molecular complexity index is 1360. The zero-order valence-electron chi connectivity index (χ0n) is 20.6. The van der Waals surface area contributed by atoms with Gasteiger partial charge in [0.25, 0.3) is 0 Å². The topological polar surface area (TPSA) is 154 Å². The predicted molar refractivity (Wildman–Crippen MR) is 140 cm³/mol. The first-order valence-electron chi connectivity index (χ1n) is 11.9. The third-order valence-electron chi connectivity index (χ3n) is 6.41. The van der Waals surface area contributed by atoms with E-state index in [-0.39, 0.29) is 36.4 Å². The monoisotopic (exact) mass is 546 g/mol. The summed E-state index contributed by atoms with van der Waals surface area (Å²) in [5, 5.41) is 18.4. The predicted octanol–water partition coefficient (Wildman–Crippen LogP) is 2.76. The Kier molecular flexibility index (Phi) is 8.67. The number of ether oxygens (including phenoxy) is 1. The largest absolute Gasteiger partial charge is 0.391 e. The second-order valence-electron chi connectivity index (χ2n) is 8.83. The number of nitrogens with one attached hydrogen (secondary N) is 1. The van der Waals surface area contributed by atoms with Crippen LogP contribution in [0.1, 0.15) is 56.3 Å². The molecule has 0 spiro atoms. The Morgan fingerprint density at radius 3 is 2.89 bits per heavy atom. The van der Waals surface area contributed by atoms with Gasteiger partial charge in [-0.25, -0.2) is 15.1 Å². The molecule has 3 atom stereocenters. The molecule has 2 aromatic heterocycles. The van der Waals surface area contributed by atoms with Gasteiger partial charge in [0.1, 0.15) is 18.2 Å². The van der Waals surface area contributed by atoms with E-state index in [4.69, 9.17) is 9.88 Å². The molecule has 4 N–H and O–H groups in total. The van der Waals surface area contributed by atoms with Crippen LogP contribution < -0.4 is 10.5 Å². The van der Waals surface area contributed by atoms with E-state index < -0.39 is 22.3 Å². The number of thiophene rings is 1. The van der Waals surface area contributed by atoms with Gasteiger partial charge in [-0.1, -0.05) is 31.2 Å². The Morgan fingerprint density at radius 1 is 1.35 bits per heavy atom. The number of ketones is 1. The molecule has 12 heteroatoms. The van der Waals surface area contributed by atoms with E-state index in [1.807, 2.05) is 25.1 Å². The molecule has 10 nitrogen and oxygen atoms in total. The van der Waals surface area contributed by atoms with Gasteiger partial charge in [0.05, 0.1) is 29.8 Å². The average Bonchev–Trinajstić information content (AvgIpc) is 3.27. The molecule has 37 heavy (non-hydrogen) atoms. The van der Waals surface area contributed by atoms with E-state index in [1.165, 1.54) is 29.4 Å². The number of aryl methyl sites for hydroxylation is 1. The maximum absolute atomic E-state index is 13.5. The van der Waals surface area contributed by atoms with Crippen molar-refractivity contribution in [2.45, 2.75) is 38.9 Å². The molecule has 0 saturated carbocycles. The van der Waals surface area contributed by atoms with Crippen LogP contribution in [0, 0.1) is 12.8 Å². The highest BCUT2D eigenvalue weighted by molar-refractivity contribution is 7.84. The summed E-state index contributed by atoms with van der Waals surface area (Å²) in [6.07, 6.45) is 2.86. The van der Waals surface area contributed by atoms with Gasteiger partial charge in [-0.2, -0.15) is 8.42 Å². The Labute approximate surface area is 220 Å². The van der Waals surface area contributed by atoms with Gasteiger partial charge in [-0.15, -0.1) is 11.3 Å². The van der Waals surface area contributed by atoms with Crippen molar-refractivity contribution in [2.75, 3.05) is 25.1 Å². The summed E-state index contributed by atoms with van der Waals surface area (Å²) in [7, 11) is -4.11. The second kappa shape index (κ2) is 11.8. The van der Waals surface area contributed by atoms with Crippen LogP contribution in [0.5, 0.6) is 0 Å². The highest BCUT2D eigenvalue weighted by Crippen LogP contribution is 2.38. The lowest BCUT2D eigenvalue weighted by Gasteiger charge is -2.26. The summed E-state index contributed by atoms with van der Waals surface area (Å²) < 4.78 is 32.9. The van der Waals surface area contributed by atoms with Crippen LogP contribution in [0.15, 0.2) is 42.9 Å². The van der Waals surface area contributed by atoms with Crippen molar-refractivity contribution >= 4 is 33.2 Å². The van der Waals surface area contributed by atoms with Crippen molar-refractivity contribution in [3.8, 4) is 0 Å². The first kappa shape index (κ1) is 27.3. The van der Waals surface area contributed by atoms with Gasteiger partial charge in [0.2, 0.25) is 5.78 Å². The molecule has 1 aliphatic rings. The molecule has 3 heterocycles. The zero-order valence-corrected chi connectivity index (χ0v) is 22.2. The molecule has 0 amide bonds. The number of nitrogens with two attached hydrogens (primary N) is 1. The number of aromatic nitrogens is 2. The van der Waals surface area contributed by atoms with Gasteiger partial charge >= 0.3 is 10.3 Å². The van der Waals surface area contributed by atoms with E-state index in [2.05, 4.69) is 31.6 Å². The summed E-state index contributed by atoms with van der Waals surface area (Å²) >= 11 is 1.39. The molecular weight excluding hydrogens is 516 g/mol. The number of anilines is 1. The van der Waals surface area contributed by atoms with Crippen LogP contribution >= 0.6 is 11.3 Å². The molecule has 198 valence electrons. The second-order valence-corrected chi connectivity index (χ2v) is 11.3. The maximum atomic E-state index is 13.5. The van der Waals surface area contributed by atoms with Gasteiger partial charge in [-0.3, -0.25) is 8.98 Å². The van der Waals surface area contributed by atoms with Crippen LogP contribution in [-0.4, -0.2) is 55.1 Å². The molecule has 4 rings (SSSR count). The fraction of sp³-hybridized carbons (Fsp3) is 0.400. The van der Waals surface area contributed by atoms with Crippen molar-refractivity contribution < 1.29 is 27.2 Å². The maximum Gasteiger partial charge on any atom is 0.333 e. The summed E-state index contributed by atoms with van der Waals surface area (Å²) in [6, 6.07) is 10.1. The SMILES string of the molecule is CC[C@H](COS(N)(=O)=O)[C@@H](O)CNc1ncncc1C(=O)c1cc(C2OCCc3ccccc32)c(C)s1. The average molecular weight is 547 g/mol. The quantitative estimate of drug-likeness (QED) is 0.308. The molecule has 1 unspecified atom stereocenters. The number of aliphatic hydroxyl groups excluding tert-OH is 1. The van der Waals surface area contributed by atoms with Crippen LogP contribution in [0.3, 0.4) is 0 Å². The lowest BCUT2D eigenvalue weighted by atomic mass is 9.93. The van der Waals surface area contributed by atoms with E-state index in [1.54, 1.807) is 6.92 Å². The minimum atomic E-state index is -4.11. The summed E-state index contributed by atoms with van der Waals surface area (Å²) in [6.45, 7) is 4.15. The lowest BCUT2D eigenvalue weighted by Crippen LogP contribution is -2.33. The van der Waals surface area contributed by atoms with E-state index in [0.29, 0.717) is 17.9 Å². The first-order valence-corrected chi connectivity index (χ1v) is 14.2. The Morgan fingerprint density at radius 2 is 2.14 bits per heavy atom. The lowest BCUT2D eigenvalue weighted by molar-refractivity contribution is 0.0697. The standard InChI is InChI=1S/C25H30N4O6S2/c1-3-16(13-35-37(26,32)33)21(30)12-28-25-20(11-27-14-29-25)23(31)22-10-19(15(2)36-22)24-18-7-5-4-6-17(18)8-9-34-24/h4-7,10-11,14,16,21,24,30H,3,8-9,12-13H2,1-2H3,(H2,26,32,33)(H,27,28,29)/t16-,21+,24?/m1/s1. The fourth-order valence-corrected chi connectivity index (χ4v) is 5.71. The molecule has 0 fully saturated rings. The highest BCUT2D eigenvalue weighted by atomic mass is 32.2. The Balaban J connectivity index is 1.51. The van der Waals surface area contributed by atoms with Gasteiger partial charge in [0.15, 0.2) is 0 Å². The van der Waals surface area contributed by atoms with Crippen molar-refractivity contribution in [2.24, 2.45) is 11.1 Å². The zero-order chi connectivity index (χ0) is 26.6. The highest BCUT2D eigenvalue weighted by Gasteiger charge is 2.28. The minimum absolute atomic E-state index is 0.0190. The van der Waals surface area contributed by atoms with Crippen LogP contribution in [0.2, 0.25) is 0 Å². The summed E-state index contributed by atoms with van der Waals surface area (Å²) in [5.74, 6) is -0.466. The summed E-state index contributed by atoms with van der Waals surface area (Å²) in [4.78, 5) is 23.2. The molecule has 0 saturated heterocycles. The van der Waals surface area contributed by atoms with Crippen molar-refractivity contribution in [1.82, 2.24) is 9.97 Å². The van der Waals surface area contributed by atoms with Gasteiger partial charge in [-0.05, 0) is 42.5 Å². The minimum Gasteiger partial charge on any atom is -0.391 e. The van der Waals surface area contributed by atoms with E-state index in [9.17, 15) is 18.3 Å². The number of hydrogen-bond acceptors (Lipinski definition) is 10. The van der Waals surface area contributed by atoms with Crippen LogP contribution in [0.4, 0.5) is 5.82 Å². The number of rotatable bonds is 11. The molecule has 0 bridgehead atoms. The molecule has 3 aromatic rings. The molecule has 1 aliphatic heterocycles. The third-order valence-corrected chi connectivity index (χ3v) is 7.94. The van der Waals surface area contributed by atoms with Crippen LogP contribution in [0.25, 0.3) is 0 Å². The number of benzene rings is 1. The van der Waals surface area contributed by atoms with Gasteiger partial charge in [0, 0.05) is 23.5 Å². The fourth-order valence-electron chi connectivity index (χ4n) is 4.34. The number of nitrogens with zero attached hydrogens (tertiary/aromatic N) is 2. The number of carbonyl (C=O) groups excluding carboxylic acids is 1. The molecule has 1 aromatic carbocycles. The van der Waals surface area contributed by atoms with Crippen molar-refractivity contribution in [1.29, 1.82) is 0 Å². The number of aliphatic hydroxyl groups is 1. The number of fused-ring (bicyclic) bond motifs is 1. The van der Waals surface area contributed by atoms with E-state index >= 15 is 0 Å². The number of hydrogen-bond donors (Lipinski definition) is 3. The van der Waals surface area contributed by atoms with Crippen LogP contribution in [-0.2, 0) is 25.6 Å². The van der Waals surface area contributed by atoms with Crippen molar-refractivity contribution in [3.05, 3.63) is 74.9 Å². The Hall–Kier alpha value is -2.74. The van der Waals surface area contributed by atoms with Gasteiger partial charge < -0.3 is 15.2 Å². The first-order chi connectivity index (χ1) is 17.7. The molecule has 0 radical (unpaired) electrons. The summed E-state index contributed by atoms with van der Waals surface area (Å²) in [5.41, 5.74) is 3.59. The smallest absolute Gasteiger partial charge is 0.333 e. The number of carbonyl (C=O) groups is 1.